The third kappa shape index (κ3) is 6.47. The van der Waals surface area contributed by atoms with Gasteiger partial charge in [-0.15, -0.1) is 0 Å². The Balaban J connectivity index is 2.09. The minimum Gasteiger partial charge on any atom is -0.478 e. The second-order valence-corrected chi connectivity index (χ2v) is 8.78. The zero-order valence-corrected chi connectivity index (χ0v) is 21.9. The third-order valence-corrected chi connectivity index (χ3v) is 8.38. The molecule has 0 aliphatic heterocycles. The molecular formula is C18H16Br4N2O6. The fraction of sp³-hybridized carbons (Fsp3) is 0.278. The Morgan fingerprint density at radius 3 is 2.17 bits per heavy atom. The van der Waals surface area contributed by atoms with E-state index in [2.05, 4.69) is 74.0 Å². The van der Waals surface area contributed by atoms with Crippen molar-refractivity contribution in [2.45, 2.75) is 0 Å². The largest absolute Gasteiger partial charge is 0.478 e. The van der Waals surface area contributed by atoms with Crippen LogP contribution in [0.1, 0.15) is 20.7 Å². The number of aromatic carboxylic acids is 1. The van der Waals surface area contributed by atoms with E-state index in [-0.39, 0.29) is 15.6 Å². The van der Waals surface area contributed by atoms with E-state index in [1.807, 2.05) is 0 Å². The van der Waals surface area contributed by atoms with Crippen LogP contribution < -0.4 is 10.1 Å². The fourth-order valence-corrected chi connectivity index (χ4v) is 4.70. The summed E-state index contributed by atoms with van der Waals surface area (Å²) in [6.45, 7) is 1.70. The number of hydrogen-bond donors (Lipinski definition) is 2. The maximum atomic E-state index is 12.8. The van der Waals surface area contributed by atoms with E-state index in [1.165, 1.54) is 6.20 Å². The molecule has 0 fully saturated rings. The Labute approximate surface area is 206 Å². The van der Waals surface area contributed by atoms with Gasteiger partial charge >= 0.3 is 5.97 Å². The molecule has 2 aromatic rings. The highest BCUT2D eigenvalue weighted by molar-refractivity contribution is 9.15. The number of ether oxygens (including phenoxy) is 3. The molecule has 1 amide bonds. The van der Waals surface area contributed by atoms with Crippen LogP contribution in [0, 0.1) is 0 Å². The minimum atomic E-state index is -1.25. The molecule has 162 valence electrons. The second kappa shape index (κ2) is 12.1. The van der Waals surface area contributed by atoms with Crippen LogP contribution in [0.4, 0.5) is 5.69 Å². The lowest BCUT2D eigenvalue weighted by Gasteiger charge is -2.15. The van der Waals surface area contributed by atoms with Gasteiger partial charge in [0.2, 0.25) is 5.88 Å². The number of halogens is 4. The van der Waals surface area contributed by atoms with Crippen molar-refractivity contribution in [2.24, 2.45) is 0 Å². The number of nitrogens with zero attached hydrogens (tertiary/aromatic N) is 1. The Morgan fingerprint density at radius 1 is 0.967 bits per heavy atom. The highest BCUT2D eigenvalue weighted by Crippen LogP contribution is 2.42. The van der Waals surface area contributed by atoms with Crippen LogP contribution in [0.2, 0.25) is 0 Å². The lowest BCUT2D eigenvalue weighted by molar-refractivity contribution is 0.0537. The number of carbonyl (C=O) groups is 2. The molecule has 1 heterocycles. The minimum absolute atomic E-state index is 0.0435. The predicted octanol–water partition coefficient (Wildman–Crippen LogP) is 5.12. The topological polar surface area (TPSA) is 107 Å². The number of benzene rings is 1. The summed E-state index contributed by atoms with van der Waals surface area (Å²) in [4.78, 5) is 28.7. The van der Waals surface area contributed by atoms with Crippen molar-refractivity contribution in [3.05, 3.63) is 47.3 Å². The number of aromatic nitrogens is 1. The highest BCUT2D eigenvalue weighted by atomic mass is 79.9. The Morgan fingerprint density at radius 2 is 1.60 bits per heavy atom. The van der Waals surface area contributed by atoms with Gasteiger partial charge in [-0.2, -0.15) is 0 Å². The summed E-state index contributed by atoms with van der Waals surface area (Å²) in [6.07, 6.45) is 1.41. The fourth-order valence-electron chi connectivity index (χ4n) is 2.23. The van der Waals surface area contributed by atoms with E-state index in [1.54, 1.807) is 19.2 Å². The molecule has 0 spiro atoms. The van der Waals surface area contributed by atoms with Crippen molar-refractivity contribution in [3.63, 3.8) is 0 Å². The van der Waals surface area contributed by atoms with Gasteiger partial charge in [0.15, 0.2) is 0 Å². The molecule has 8 nitrogen and oxygen atoms in total. The third-order valence-electron chi connectivity index (χ3n) is 3.61. The number of carbonyl (C=O) groups excluding carboxylic acids is 1. The first-order valence-corrected chi connectivity index (χ1v) is 11.5. The van der Waals surface area contributed by atoms with E-state index < -0.39 is 11.9 Å². The number of amides is 1. The maximum Gasteiger partial charge on any atom is 0.337 e. The molecular weight excluding hydrogens is 660 g/mol. The average molecular weight is 676 g/mol. The second-order valence-electron chi connectivity index (χ2n) is 5.60. The van der Waals surface area contributed by atoms with Crippen LogP contribution in [0.25, 0.3) is 0 Å². The Kier molecular flexibility index (Phi) is 10.2. The zero-order chi connectivity index (χ0) is 22.3. The summed E-state index contributed by atoms with van der Waals surface area (Å²) in [7, 11) is 1.60. The van der Waals surface area contributed by atoms with E-state index in [9.17, 15) is 14.7 Å². The SMILES string of the molecule is COCCOCCOc1ccc(NC(=O)c2c(Br)c(Br)c(Br)c(Br)c2C(=O)O)cn1. The van der Waals surface area contributed by atoms with Gasteiger partial charge in [0, 0.05) is 31.1 Å². The van der Waals surface area contributed by atoms with Gasteiger partial charge < -0.3 is 24.6 Å². The number of carboxylic acids is 1. The molecule has 0 bridgehead atoms. The van der Waals surface area contributed by atoms with Gasteiger partial charge in [-0.25, -0.2) is 9.78 Å². The van der Waals surface area contributed by atoms with Gasteiger partial charge in [-0.3, -0.25) is 4.79 Å². The quantitative estimate of drug-likeness (QED) is 0.205. The molecule has 12 heteroatoms. The first-order valence-electron chi connectivity index (χ1n) is 8.34. The molecule has 0 aliphatic rings. The zero-order valence-electron chi connectivity index (χ0n) is 15.5. The molecule has 30 heavy (non-hydrogen) atoms. The summed E-state index contributed by atoms with van der Waals surface area (Å²) in [5, 5.41) is 12.2. The Bertz CT molecular complexity index is 924. The monoisotopic (exact) mass is 672 g/mol. The van der Waals surface area contributed by atoms with Crippen molar-refractivity contribution >= 4 is 81.3 Å². The van der Waals surface area contributed by atoms with Gasteiger partial charge in [-0.1, -0.05) is 0 Å². The lowest BCUT2D eigenvalue weighted by atomic mass is 10.1. The standard InChI is InChI=1S/C18H16Br4N2O6/c1-28-4-5-29-6-7-30-10-3-2-9(8-23-10)24-17(25)11-12(18(26)27)14(20)16(22)15(21)13(11)19/h2-3,8H,4-7H2,1H3,(H,24,25)(H,26,27). The molecule has 1 aromatic heterocycles. The summed E-state index contributed by atoms with van der Waals surface area (Å²) in [5.41, 5.74) is 0.149. The molecule has 0 unspecified atom stereocenters. The number of nitrogens with one attached hydrogen (secondary N) is 1. The van der Waals surface area contributed by atoms with Crippen molar-refractivity contribution in [2.75, 3.05) is 38.9 Å². The molecule has 0 aliphatic carbocycles. The van der Waals surface area contributed by atoms with Gasteiger partial charge in [0.1, 0.15) is 6.61 Å². The smallest absolute Gasteiger partial charge is 0.337 e. The average Bonchev–Trinajstić information content (AvgIpc) is 2.72. The highest BCUT2D eigenvalue weighted by Gasteiger charge is 2.28. The number of pyridine rings is 1. The van der Waals surface area contributed by atoms with Crippen LogP contribution in [0.15, 0.2) is 36.2 Å². The van der Waals surface area contributed by atoms with E-state index >= 15 is 0 Å². The number of hydrogen-bond acceptors (Lipinski definition) is 6. The molecule has 0 saturated heterocycles. The summed E-state index contributed by atoms with van der Waals surface area (Å²) >= 11 is 13.1. The number of methoxy groups -OCH3 is 1. The molecule has 0 saturated carbocycles. The van der Waals surface area contributed by atoms with Gasteiger partial charge in [0.05, 0.1) is 42.8 Å². The van der Waals surface area contributed by atoms with Crippen LogP contribution in [-0.2, 0) is 9.47 Å². The number of rotatable bonds is 10. The van der Waals surface area contributed by atoms with Gasteiger partial charge in [-0.05, 0) is 69.8 Å². The van der Waals surface area contributed by atoms with Gasteiger partial charge in [0.25, 0.3) is 5.91 Å². The van der Waals surface area contributed by atoms with Crippen LogP contribution in [0.5, 0.6) is 5.88 Å². The summed E-state index contributed by atoms with van der Waals surface area (Å²) in [6, 6.07) is 3.19. The number of carboxylic acid groups (broad SMARTS) is 1. The van der Waals surface area contributed by atoms with Crippen molar-refractivity contribution < 1.29 is 28.9 Å². The van der Waals surface area contributed by atoms with Crippen LogP contribution in [0.3, 0.4) is 0 Å². The first kappa shape index (κ1) is 25.2. The number of anilines is 1. The summed E-state index contributed by atoms with van der Waals surface area (Å²) < 4.78 is 17.1. The van der Waals surface area contributed by atoms with E-state index in [0.717, 1.165) is 0 Å². The lowest BCUT2D eigenvalue weighted by Crippen LogP contribution is -2.18. The molecule has 1 aromatic carbocycles. The predicted molar refractivity (Wildman–Crippen MR) is 125 cm³/mol. The molecule has 2 N–H and O–H groups in total. The molecule has 2 rings (SSSR count). The normalized spacial score (nSPS) is 10.7. The first-order chi connectivity index (χ1) is 14.3. The molecule has 0 atom stereocenters. The van der Waals surface area contributed by atoms with Crippen molar-refractivity contribution in [1.82, 2.24) is 4.98 Å². The molecule has 0 radical (unpaired) electrons. The van der Waals surface area contributed by atoms with E-state index in [0.29, 0.717) is 51.4 Å². The Hall–Kier alpha value is -1.05. The van der Waals surface area contributed by atoms with Crippen LogP contribution >= 0.6 is 63.7 Å². The van der Waals surface area contributed by atoms with Crippen LogP contribution in [-0.4, -0.2) is 55.5 Å². The van der Waals surface area contributed by atoms with E-state index in [4.69, 9.17) is 14.2 Å². The van der Waals surface area contributed by atoms with Crippen molar-refractivity contribution in [1.29, 1.82) is 0 Å². The van der Waals surface area contributed by atoms with Crippen molar-refractivity contribution in [3.8, 4) is 5.88 Å². The summed E-state index contributed by atoms with van der Waals surface area (Å²) in [5.74, 6) is -1.50. The maximum absolute atomic E-state index is 12.8.